The topological polar surface area (TPSA) is 77.2 Å². The van der Waals surface area contributed by atoms with Gasteiger partial charge in [-0.05, 0) is 43.7 Å². The summed E-state index contributed by atoms with van der Waals surface area (Å²) in [5.41, 5.74) is 7.09. The van der Waals surface area contributed by atoms with Crippen LogP contribution in [0.15, 0.2) is 42.6 Å². The van der Waals surface area contributed by atoms with E-state index in [0.29, 0.717) is 35.9 Å². The van der Waals surface area contributed by atoms with Gasteiger partial charge >= 0.3 is 0 Å². The van der Waals surface area contributed by atoms with Crippen LogP contribution in [0.3, 0.4) is 0 Å². The SMILES string of the molecule is CC(N)CCC(=O)Nc1ccc(OCc2ccccn2)c(Cl)c1. The molecule has 2 aromatic rings. The molecular formula is C17H20ClN3O2. The van der Waals surface area contributed by atoms with E-state index in [9.17, 15) is 4.79 Å². The Hall–Kier alpha value is -2.11. The second-order valence-electron chi connectivity index (χ2n) is 5.32. The summed E-state index contributed by atoms with van der Waals surface area (Å²) < 4.78 is 5.64. The number of hydrogen-bond donors (Lipinski definition) is 2. The number of hydrogen-bond acceptors (Lipinski definition) is 4. The predicted octanol–water partition coefficient (Wildman–Crippen LogP) is 3.38. The highest BCUT2D eigenvalue weighted by Crippen LogP contribution is 2.28. The first kappa shape index (κ1) is 17.2. The highest BCUT2D eigenvalue weighted by Gasteiger charge is 2.08. The minimum Gasteiger partial charge on any atom is -0.486 e. The van der Waals surface area contributed by atoms with Gasteiger partial charge in [0, 0.05) is 24.3 Å². The van der Waals surface area contributed by atoms with Crippen LogP contribution in [0, 0.1) is 0 Å². The van der Waals surface area contributed by atoms with Gasteiger partial charge in [-0.1, -0.05) is 17.7 Å². The molecule has 0 spiro atoms. The Labute approximate surface area is 140 Å². The predicted molar refractivity (Wildman–Crippen MR) is 91.5 cm³/mol. The first-order chi connectivity index (χ1) is 11.0. The number of pyridine rings is 1. The molecule has 2 rings (SSSR count). The van der Waals surface area contributed by atoms with Crippen molar-refractivity contribution in [1.82, 2.24) is 4.98 Å². The summed E-state index contributed by atoms with van der Waals surface area (Å²) in [5, 5.41) is 3.23. The molecule has 0 radical (unpaired) electrons. The zero-order valence-corrected chi connectivity index (χ0v) is 13.7. The molecule has 1 unspecified atom stereocenters. The molecule has 23 heavy (non-hydrogen) atoms. The number of carbonyl (C=O) groups is 1. The first-order valence-corrected chi connectivity index (χ1v) is 7.80. The van der Waals surface area contributed by atoms with Crippen molar-refractivity contribution < 1.29 is 9.53 Å². The molecule has 0 bridgehead atoms. The van der Waals surface area contributed by atoms with E-state index >= 15 is 0 Å². The first-order valence-electron chi connectivity index (χ1n) is 7.42. The number of ether oxygens (including phenoxy) is 1. The molecule has 1 aromatic carbocycles. The van der Waals surface area contributed by atoms with Crippen LogP contribution in [-0.2, 0) is 11.4 Å². The van der Waals surface area contributed by atoms with E-state index in [1.807, 2.05) is 25.1 Å². The fourth-order valence-electron chi connectivity index (χ4n) is 1.91. The monoisotopic (exact) mass is 333 g/mol. The maximum atomic E-state index is 11.8. The van der Waals surface area contributed by atoms with Gasteiger partial charge in [-0.3, -0.25) is 9.78 Å². The van der Waals surface area contributed by atoms with Crippen molar-refractivity contribution >= 4 is 23.2 Å². The number of amides is 1. The van der Waals surface area contributed by atoms with Crippen LogP contribution in [0.1, 0.15) is 25.5 Å². The molecule has 0 aliphatic rings. The van der Waals surface area contributed by atoms with Crippen LogP contribution >= 0.6 is 11.6 Å². The van der Waals surface area contributed by atoms with E-state index in [4.69, 9.17) is 22.1 Å². The number of rotatable bonds is 7. The number of nitrogens with one attached hydrogen (secondary N) is 1. The summed E-state index contributed by atoms with van der Waals surface area (Å²) in [6, 6.07) is 10.8. The molecule has 1 atom stereocenters. The van der Waals surface area contributed by atoms with Crippen molar-refractivity contribution in [2.24, 2.45) is 5.73 Å². The van der Waals surface area contributed by atoms with Crippen LogP contribution in [0.2, 0.25) is 5.02 Å². The number of carbonyl (C=O) groups excluding carboxylic acids is 1. The lowest BCUT2D eigenvalue weighted by atomic mass is 10.2. The summed E-state index contributed by atoms with van der Waals surface area (Å²) in [4.78, 5) is 16.0. The molecule has 6 heteroatoms. The maximum Gasteiger partial charge on any atom is 0.224 e. The quantitative estimate of drug-likeness (QED) is 0.814. The number of aromatic nitrogens is 1. The Balaban J connectivity index is 1.91. The van der Waals surface area contributed by atoms with E-state index < -0.39 is 0 Å². The normalized spacial score (nSPS) is 11.8. The van der Waals surface area contributed by atoms with Crippen LogP contribution in [0.25, 0.3) is 0 Å². The molecule has 1 aromatic heterocycles. The fourth-order valence-corrected chi connectivity index (χ4v) is 2.15. The van der Waals surface area contributed by atoms with Gasteiger partial charge in [-0.25, -0.2) is 0 Å². The number of nitrogens with two attached hydrogens (primary N) is 1. The maximum absolute atomic E-state index is 11.8. The largest absolute Gasteiger partial charge is 0.486 e. The van der Waals surface area contributed by atoms with Crippen LogP contribution in [-0.4, -0.2) is 16.9 Å². The molecule has 3 N–H and O–H groups in total. The van der Waals surface area contributed by atoms with Crippen molar-refractivity contribution in [1.29, 1.82) is 0 Å². The summed E-state index contributed by atoms with van der Waals surface area (Å²) in [7, 11) is 0. The highest BCUT2D eigenvalue weighted by molar-refractivity contribution is 6.32. The third-order valence-corrected chi connectivity index (χ3v) is 3.44. The van der Waals surface area contributed by atoms with Crippen LogP contribution in [0.4, 0.5) is 5.69 Å². The van der Waals surface area contributed by atoms with Gasteiger partial charge in [-0.15, -0.1) is 0 Å². The Morgan fingerprint density at radius 2 is 2.22 bits per heavy atom. The van der Waals surface area contributed by atoms with E-state index in [1.165, 1.54) is 0 Å². The summed E-state index contributed by atoms with van der Waals surface area (Å²) >= 11 is 6.19. The van der Waals surface area contributed by atoms with E-state index in [-0.39, 0.29) is 11.9 Å². The van der Waals surface area contributed by atoms with Gasteiger partial charge in [-0.2, -0.15) is 0 Å². The molecule has 1 amide bonds. The number of benzene rings is 1. The zero-order chi connectivity index (χ0) is 16.7. The molecule has 5 nitrogen and oxygen atoms in total. The van der Waals surface area contributed by atoms with Gasteiger partial charge in [0.05, 0.1) is 10.7 Å². The van der Waals surface area contributed by atoms with Crippen molar-refractivity contribution in [3.63, 3.8) is 0 Å². The second-order valence-corrected chi connectivity index (χ2v) is 5.73. The van der Waals surface area contributed by atoms with E-state index in [2.05, 4.69) is 10.3 Å². The van der Waals surface area contributed by atoms with Gasteiger partial charge in [0.25, 0.3) is 0 Å². The summed E-state index contributed by atoms with van der Waals surface area (Å²) in [6.45, 7) is 2.21. The van der Waals surface area contributed by atoms with Crippen molar-refractivity contribution in [3.05, 3.63) is 53.3 Å². The highest BCUT2D eigenvalue weighted by atomic mass is 35.5. The third-order valence-electron chi connectivity index (χ3n) is 3.14. The molecular weight excluding hydrogens is 314 g/mol. The van der Waals surface area contributed by atoms with Crippen molar-refractivity contribution in [3.8, 4) is 5.75 Å². The van der Waals surface area contributed by atoms with Gasteiger partial charge in [0.1, 0.15) is 12.4 Å². The standard InChI is InChI=1S/C17H20ClN3O2/c1-12(19)5-8-17(22)21-13-6-7-16(15(18)10-13)23-11-14-4-2-3-9-20-14/h2-4,6-7,9-10,12H,5,8,11,19H2,1H3,(H,21,22). The lowest BCUT2D eigenvalue weighted by molar-refractivity contribution is -0.116. The Kier molecular flexibility index (Phi) is 6.38. The number of nitrogens with zero attached hydrogens (tertiary/aromatic N) is 1. The zero-order valence-electron chi connectivity index (χ0n) is 13.0. The Morgan fingerprint density at radius 1 is 1.39 bits per heavy atom. The summed E-state index contributed by atoms with van der Waals surface area (Å²) in [6.07, 6.45) is 2.74. The Morgan fingerprint density at radius 3 is 2.87 bits per heavy atom. The summed E-state index contributed by atoms with van der Waals surface area (Å²) in [5.74, 6) is 0.464. The lowest BCUT2D eigenvalue weighted by Crippen LogP contribution is -2.19. The average Bonchev–Trinajstić information content (AvgIpc) is 2.53. The Bertz CT molecular complexity index is 648. The smallest absolute Gasteiger partial charge is 0.224 e. The molecule has 0 saturated heterocycles. The van der Waals surface area contributed by atoms with E-state index in [0.717, 1.165) is 5.69 Å². The van der Waals surface area contributed by atoms with Crippen molar-refractivity contribution in [2.45, 2.75) is 32.4 Å². The molecule has 1 heterocycles. The minimum atomic E-state index is -0.0829. The molecule has 0 aliphatic heterocycles. The fraction of sp³-hybridized carbons (Fsp3) is 0.294. The van der Waals surface area contributed by atoms with Crippen LogP contribution < -0.4 is 15.8 Å². The van der Waals surface area contributed by atoms with Gasteiger partial charge < -0.3 is 15.8 Å². The number of anilines is 1. The van der Waals surface area contributed by atoms with Crippen LogP contribution in [0.5, 0.6) is 5.75 Å². The third kappa shape index (κ3) is 5.88. The minimum absolute atomic E-state index is 0.00621. The van der Waals surface area contributed by atoms with Gasteiger partial charge in [0.2, 0.25) is 5.91 Å². The molecule has 0 fully saturated rings. The molecule has 122 valence electrons. The van der Waals surface area contributed by atoms with Gasteiger partial charge in [0.15, 0.2) is 0 Å². The average molecular weight is 334 g/mol. The second kappa shape index (κ2) is 8.50. The molecule has 0 saturated carbocycles. The lowest BCUT2D eigenvalue weighted by Gasteiger charge is -2.11. The number of halogens is 1. The van der Waals surface area contributed by atoms with E-state index in [1.54, 1.807) is 24.4 Å². The van der Waals surface area contributed by atoms with Crippen molar-refractivity contribution in [2.75, 3.05) is 5.32 Å². The molecule has 0 aliphatic carbocycles.